The molecule has 21 heavy (non-hydrogen) atoms. The number of ether oxygens (including phenoxy) is 1. The van der Waals surface area contributed by atoms with E-state index < -0.39 is 5.82 Å². The maximum absolute atomic E-state index is 13.5. The van der Waals surface area contributed by atoms with Crippen molar-refractivity contribution in [3.63, 3.8) is 0 Å². The number of hydrogen-bond acceptors (Lipinski definition) is 2. The van der Waals surface area contributed by atoms with Crippen LogP contribution >= 0.6 is 11.6 Å². The molecule has 0 aromatic heterocycles. The predicted octanol–water partition coefficient (Wildman–Crippen LogP) is 4.40. The lowest BCUT2D eigenvalue weighted by Gasteiger charge is -2.32. The van der Waals surface area contributed by atoms with E-state index in [1.165, 1.54) is 24.3 Å². The minimum absolute atomic E-state index is 0.0588. The molecule has 110 valence electrons. The summed E-state index contributed by atoms with van der Waals surface area (Å²) in [4.78, 5) is 0. The lowest BCUT2D eigenvalue weighted by atomic mass is 9.93. The number of hydrogen-bond donors (Lipinski definition) is 1. The van der Waals surface area contributed by atoms with E-state index >= 15 is 0 Å². The molecule has 1 N–H and O–H groups in total. The van der Waals surface area contributed by atoms with Gasteiger partial charge in [-0.25, -0.2) is 8.78 Å². The maximum atomic E-state index is 13.5. The molecule has 0 aliphatic carbocycles. The number of benzene rings is 2. The zero-order chi connectivity index (χ0) is 15.0. The molecule has 0 saturated carbocycles. The Hall–Kier alpha value is -1.65. The molecule has 0 amide bonds. The van der Waals surface area contributed by atoms with Crippen molar-refractivity contribution in [2.45, 2.75) is 18.6 Å². The third-order valence-electron chi connectivity index (χ3n) is 3.67. The molecule has 2 aromatic rings. The first-order valence-corrected chi connectivity index (χ1v) is 7.04. The van der Waals surface area contributed by atoms with Gasteiger partial charge in [0.15, 0.2) is 0 Å². The van der Waals surface area contributed by atoms with Crippen LogP contribution in [0.3, 0.4) is 0 Å². The highest BCUT2D eigenvalue weighted by Crippen LogP contribution is 2.41. The first-order valence-electron chi connectivity index (χ1n) is 6.66. The summed E-state index contributed by atoms with van der Waals surface area (Å²) in [6.45, 7) is 0. The molecule has 2 aromatic carbocycles. The monoisotopic (exact) mass is 309 g/mol. The number of rotatable bonds is 2. The average molecular weight is 310 g/mol. The molecule has 0 spiro atoms. The van der Waals surface area contributed by atoms with Crippen LogP contribution in [0.2, 0.25) is 5.02 Å². The predicted molar refractivity (Wildman–Crippen MR) is 77.6 cm³/mol. The lowest BCUT2D eigenvalue weighted by molar-refractivity contribution is 0.153. The van der Waals surface area contributed by atoms with Crippen LogP contribution in [0.5, 0.6) is 5.75 Å². The van der Waals surface area contributed by atoms with Gasteiger partial charge in [0, 0.05) is 23.0 Å². The second-order valence-electron chi connectivity index (χ2n) is 5.07. The average Bonchev–Trinajstić information content (AvgIpc) is 2.45. The Morgan fingerprint density at radius 3 is 2.67 bits per heavy atom. The quantitative estimate of drug-likeness (QED) is 0.887. The van der Waals surface area contributed by atoms with Crippen LogP contribution in [0.4, 0.5) is 8.78 Å². The molecule has 0 bridgehead atoms. The Bertz CT molecular complexity index is 657. The van der Waals surface area contributed by atoms with Crippen LogP contribution in [0.15, 0.2) is 36.4 Å². The minimum atomic E-state index is -0.396. The highest BCUT2D eigenvalue weighted by Gasteiger charge is 2.29. The molecule has 2 unspecified atom stereocenters. The Morgan fingerprint density at radius 2 is 1.95 bits per heavy atom. The molecule has 1 aliphatic heterocycles. The Labute approximate surface area is 126 Å². The van der Waals surface area contributed by atoms with Crippen LogP contribution in [0.25, 0.3) is 0 Å². The zero-order valence-electron chi connectivity index (χ0n) is 11.4. The highest BCUT2D eigenvalue weighted by molar-refractivity contribution is 6.30. The van der Waals surface area contributed by atoms with E-state index in [4.69, 9.17) is 16.3 Å². The summed E-state index contributed by atoms with van der Waals surface area (Å²) >= 11 is 5.90. The topological polar surface area (TPSA) is 21.3 Å². The first-order chi connectivity index (χ1) is 10.1. The number of nitrogens with one attached hydrogen (secondary N) is 1. The fraction of sp³-hybridized carbons (Fsp3) is 0.250. The molecule has 0 radical (unpaired) electrons. The van der Waals surface area contributed by atoms with Gasteiger partial charge in [0.25, 0.3) is 0 Å². The highest BCUT2D eigenvalue weighted by atomic mass is 35.5. The molecule has 0 saturated heterocycles. The largest absolute Gasteiger partial charge is 0.485 e. The van der Waals surface area contributed by atoms with Crippen molar-refractivity contribution in [1.29, 1.82) is 0 Å². The van der Waals surface area contributed by atoms with Gasteiger partial charge in [-0.15, -0.1) is 0 Å². The molecule has 2 nitrogen and oxygen atoms in total. The minimum Gasteiger partial charge on any atom is -0.485 e. The summed E-state index contributed by atoms with van der Waals surface area (Å²) in [6.07, 6.45) is 0.251. The molecule has 1 heterocycles. The van der Waals surface area contributed by atoms with Gasteiger partial charge in [0.05, 0.1) is 0 Å². The van der Waals surface area contributed by atoms with Crippen LogP contribution in [0, 0.1) is 11.6 Å². The standard InChI is InChI=1S/C16H14ClF2NO/c1-20-14-8-16(9-4-10(17)6-12(19)5-9)21-15-3-2-11(18)7-13(14)15/h2-7,14,16,20H,8H2,1H3. The van der Waals surface area contributed by atoms with Gasteiger partial charge < -0.3 is 10.1 Å². The van der Waals surface area contributed by atoms with Crippen LogP contribution in [-0.4, -0.2) is 7.05 Å². The fourth-order valence-corrected chi connectivity index (χ4v) is 2.91. The van der Waals surface area contributed by atoms with Crippen molar-refractivity contribution in [3.05, 3.63) is 64.2 Å². The summed E-state index contributed by atoms with van der Waals surface area (Å²) in [6, 6.07) is 8.72. The second-order valence-corrected chi connectivity index (χ2v) is 5.50. The zero-order valence-corrected chi connectivity index (χ0v) is 12.1. The normalized spacial score (nSPS) is 20.8. The van der Waals surface area contributed by atoms with Crippen molar-refractivity contribution in [2.75, 3.05) is 7.05 Å². The van der Waals surface area contributed by atoms with Gasteiger partial charge in [-0.05, 0) is 49.0 Å². The van der Waals surface area contributed by atoms with E-state index in [-0.39, 0.29) is 18.0 Å². The summed E-state index contributed by atoms with van der Waals surface area (Å²) < 4.78 is 32.8. The lowest BCUT2D eigenvalue weighted by Crippen LogP contribution is -2.27. The summed E-state index contributed by atoms with van der Waals surface area (Å²) in [5.41, 5.74) is 1.45. The molecule has 2 atom stereocenters. The molecular weight excluding hydrogens is 296 g/mol. The van der Waals surface area contributed by atoms with E-state index in [0.29, 0.717) is 22.8 Å². The van der Waals surface area contributed by atoms with Gasteiger partial charge in [0.2, 0.25) is 0 Å². The van der Waals surface area contributed by atoms with Crippen molar-refractivity contribution < 1.29 is 13.5 Å². The first kappa shape index (κ1) is 14.3. The van der Waals surface area contributed by atoms with Gasteiger partial charge in [0.1, 0.15) is 23.5 Å². The molecule has 0 fully saturated rings. The van der Waals surface area contributed by atoms with Gasteiger partial charge in [-0.3, -0.25) is 0 Å². The SMILES string of the molecule is CNC1CC(c2cc(F)cc(Cl)c2)Oc2ccc(F)cc21. The van der Waals surface area contributed by atoms with Gasteiger partial charge in [-0.2, -0.15) is 0 Å². The molecule has 5 heteroatoms. The van der Waals surface area contributed by atoms with E-state index in [1.807, 2.05) is 0 Å². The maximum Gasteiger partial charge on any atom is 0.126 e. The third-order valence-corrected chi connectivity index (χ3v) is 3.89. The van der Waals surface area contributed by atoms with Crippen LogP contribution in [-0.2, 0) is 0 Å². The van der Waals surface area contributed by atoms with Crippen molar-refractivity contribution in [1.82, 2.24) is 5.32 Å². The molecule has 1 aliphatic rings. The second kappa shape index (κ2) is 5.62. The Kier molecular flexibility index (Phi) is 3.83. The van der Waals surface area contributed by atoms with Crippen molar-refractivity contribution in [3.8, 4) is 5.75 Å². The van der Waals surface area contributed by atoms with Crippen LogP contribution < -0.4 is 10.1 Å². The molecular formula is C16H14ClF2NO. The summed E-state index contributed by atoms with van der Waals surface area (Å²) in [5.74, 6) is -0.0933. The van der Waals surface area contributed by atoms with E-state index in [2.05, 4.69) is 5.32 Å². The third kappa shape index (κ3) is 2.87. The summed E-state index contributed by atoms with van der Waals surface area (Å²) in [7, 11) is 1.81. The van der Waals surface area contributed by atoms with Gasteiger partial charge >= 0.3 is 0 Å². The van der Waals surface area contributed by atoms with E-state index in [1.54, 1.807) is 19.2 Å². The smallest absolute Gasteiger partial charge is 0.126 e. The fourth-order valence-electron chi connectivity index (χ4n) is 2.68. The Morgan fingerprint density at radius 1 is 1.14 bits per heavy atom. The van der Waals surface area contributed by atoms with Crippen molar-refractivity contribution >= 4 is 11.6 Å². The van der Waals surface area contributed by atoms with E-state index in [0.717, 1.165) is 5.56 Å². The van der Waals surface area contributed by atoms with Gasteiger partial charge in [-0.1, -0.05) is 11.6 Å². The van der Waals surface area contributed by atoms with E-state index in [9.17, 15) is 8.78 Å². The number of fused-ring (bicyclic) bond motifs is 1. The summed E-state index contributed by atoms with van der Waals surface area (Å²) in [5, 5.41) is 3.48. The Balaban J connectivity index is 1.98. The number of halogens is 3. The van der Waals surface area contributed by atoms with Crippen molar-refractivity contribution in [2.24, 2.45) is 0 Å². The molecule has 3 rings (SSSR count). The van der Waals surface area contributed by atoms with Crippen LogP contribution in [0.1, 0.15) is 29.7 Å².